The summed E-state index contributed by atoms with van der Waals surface area (Å²) in [6.45, 7) is 3.80. The number of rotatable bonds is 4. The average Bonchev–Trinajstić information content (AvgIpc) is 2.72. The molecule has 20 heavy (non-hydrogen) atoms. The molecular weight excluding hydrogens is 285 g/mol. The molecule has 0 aliphatic heterocycles. The molecule has 2 aromatic rings. The van der Waals surface area contributed by atoms with Crippen molar-refractivity contribution < 1.29 is 18.0 Å². The molecule has 0 unspecified atom stereocenters. The number of thiophene rings is 1. The molecule has 1 nitrogen and oxygen atoms in total. The molecule has 0 bridgehead atoms. The van der Waals surface area contributed by atoms with Gasteiger partial charge in [0, 0.05) is 11.1 Å². The second-order valence-electron chi connectivity index (χ2n) is 4.79. The van der Waals surface area contributed by atoms with E-state index < -0.39 is 11.7 Å². The summed E-state index contributed by atoms with van der Waals surface area (Å²) >= 11 is 1.16. The van der Waals surface area contributed by atoms with E-state index in [1.165, 1.54) is 6.07 Å². The summed E-state index contributed by atoms with van der Waals surface area (Å²) in [5.41, 5.74) is 0.124. The quantitative estimate of drug-likeness (QED) is 0.671. The van der Waals surface area contributed by atoms with Crippen molar-refractivity contribution in [3.63, 3.8) is 0 Å². The van der Waals surface area contributed by atoms with E-state index in [0.29, 0.717) is 16.0 Å². The zero-order valence-corrected chi connectivity index (χ0v) is 12.1. The van der Waals surface area contributed by atoms with Crippen LogP contribution in [0.5, 0.6) is 0 Å². The Labute approximate surface area is 119 Å². The van der Waals surface area contributed by atoms with Gasteiger partial charge in [-0.15, -0.1) is 11.3 Å². The van der Waals surface area contributed by atoms with E-state index in [4.69, 9.17) is 0 Å². The Morgan fingerprint density at radius 3 is 2.60 bits per heavy atom. The average molecular weight is 300 g/mol. The molecule has 0 radical (unpaired) electrons. The van der Waals surface area contributed by atoms with Gasteiger partial charge in [-0.05, 0) is 36.4 Å². The first-order valence-corrected chi connectivity index (χ1v) is 7.29. The Balaban J connectivity index is 2.44. The van der Waals surface area contributed by atoms with Gasteiger partial charge in [-0.25, -0.2) is 0 Å². The van der Waals surface area contributed by atoms with Crippen molar-refractivity contribution in [2.24, 2.45) is 0 Å². The van der Waals surface area contributed by atoms with Gasteiger partial charge in [-0.3, -0.25) is 4.79 Å². The third-order valence-corrected chi connectivity index (χ3v) is 4.57. The predicted octanol–water partition coefficient (Wildman–Crippen LogP) is 5.60. The number of halogens is 3. The maximum atomic E-state index is 12.7. The lowest BCUT2D eigenvalue weighted by Crippen LogP contribution is -2.03. The van der Waals surface area contributed by atoms with E-state index in [1.54, 1.807) is 6.92 Å². The number of carbonyl (C=O) groups is 1. The normalized spacial score (nSPS) is 12.1. The third-order valence-electron chi connectivity index (χ3n) is 3.28. The Morgan fingerprint density at radius 2 is 2.00 bits per heavy atom. The minimum absolute atomic E-state index is 0.0270. The topological polar surface area (TPSA) is 17.1 Å². The highest BCUT2D eigenvalue weighted by Crippen LogP contribution is 2.37. The first-order chi connectivity index (χ1) is 9.34. The Hall–Kier alpha value is -1.36. The molecule has 0 saturated heterocycles. The van der Waals surface area contributed by atoms with Crippen molar-refractivity contribution in [3.8, 4) is 0 Å². The van der Waals surface area contributed by atoms with Crippen LogP contribution < -0.4 is 0 Å². The second-order valence-corrected chi connectivity index (χ2v) is 5.84. The number of alkyl halides is 3. The highest BCUT2D eigenvalue weighted by molar-refractivity contribution is 7.21. The van der Waals surface area contributed by atoms with Gasteiger partial charge < -0.3 is 0 Å². The molecule has 0 aliphatic carbocycles. The van der Waals surface area contributed by atoms with Crippen LogP contribution >= 0.6 is 11.3 Å². The van der Waals surface area contributed by atoms with Crippen LogP contribution in [0.2, 0.25) is 0 Å². The largest absolute Gasteiger partial charge is 0.416 e. The molecule has 0 atom stereocenters. The minimum atomic E-state index is -4.35. The number of unbranched alkanes of at least 4 members (excludes halogenated alkanes) is 1. The highest BCUT2D eigenvalue weighted by Gasteiger charge is 2.31. The van der Waals surface area contributed by atoms with E-state index >= 15 is 0 Å². The fourth-order valence-electron chi connectivity index (χ4n) is 2.12. The van der Waals surface area contributed by atoms with Gasteiger partial charge in [0.2, 0.25) is 0 Å². The van der Waals surface area contributed by atoms with Gasteiger partial charge in [-0.1, -0.05) is 19.4 Å². The molecular formula is C15H15F3OS. The molecule has 1 heterocycles. The van der Waals surface area contributed by atoms with Crippen LogP contribution in [0.3, 0.4) is 0 Å². The number of fused-ring (bicyclic) bond motifs is 1. The lowest BCUT2D eigenvalue weighted by Gasteiger charge is -2.05. The van der Waals surface area contributed by atoms with Gasteiger partial charge in [-0.2, -0.15) is 13.2 Å². The van der Waals surface area contributed by atoms with Crippen LogP contribution in [0.25, 0.3) is 10.1 Å². The van der Waals surface area contributed by atoms with E-state index in [1.807, 2.05) is 6.92 Å². The van der Waals surface area contributed by atoms with E-state index in [2.05, 4.69) is 0 Å². The Morgan fingerprint density at radius 1 is 1.30 bits per heavy atom. The fraction of sp³-hybridized carbons (Fsp3) is 0.400. The summed E-state index contributed by atoms with van der Waals surface area (Å²) in [7, 11) is 0. The lowest BCUT2D eigenvalue weighted by atomic mass is 10.1. The molecule has 0 fully saturated rings. The smallest absolute Gasteiger partial charge is 0.293 e. The molecule has 5 heteroatoms. The van der Waals surface area contributed by atoms with Crippen LogP contribution in [0.1, 0.15) is 47.0 Å². The van der Waals surface area contributed by atoms with Crippen LogP contribution in [-0.2, 0) is 6.18 Å². The van der Waals surface area contributed by atoms with E-state index in [-0.39, 0.29) is 5.78 Å². The molecule has 0 N–H and O–H groups in total. The highest BCUT2D eigenvalue weighted by atomic mass is 32.1. The molecule has 2 rings (SSSR count). The zero-order valence-electron chi connectivity index (χ0n) is 11.3. The van der Waals surface area contributed by atoms with Crippen molar-refractivity contribution in [2.75, 3.05) is 0 Å². The summed E-state index contributed by atoms with van der Waals surface area (Å²) in [5.74, 6) is 0.0270. The minimum Gasteiger partial charge on any atom is -0.293 e. The van der Waals surface area contributed by atoms with Crippen molar-refractivity contribution in [1.82, 2.24) is 0 Å². The second kappa shape index (κ2) is 5.56. The van der Waals surface area contributed by atoms with E-state index in [9.17, 15) is 18.0 Å². The van der Waals surface area contributed by atoms with Crippen LogP contribution in [0.4, 0.5) is 13.2 Å². The predicted molar refractivity (Wildman–Crippen MR) is 75.4 cm³/mol. The molecule has 0 saturated carbocycles. The maximum Gasteiger partial charge on any atom is 0.416 e. The first kappa shape index (κ1) is 15.0. The summed E-state index contributed by atoms with van der Waals surface area (Å²) in [6.07, 6.45) is -2.16. The monoisotopic (exact) mass is 300 g/mol. The summed E-state index contributed by atoms with van der Waals surface area (Å²) in [6, 6.07) is 3.66. The van der Waals surface area contributed by atoms with Gasteiger partial charge in [0.1, 0.15) is 0 Å². The molecule has 1 aromatic heterocycles. The van der Waals surface area contributed by atoms with Gasteiger partial charge in [0.15, 0.2) is 5.78 Å². The molecule has 0 spiro atoms. The number of Topliss-reactive ketones (excluding diaryl/α,β-unsaturated/α-hetero) is 1. The Kier molecular flexibility index (Phi) is 4.18. The van der Waals surface area contributed by atoms with Gasteiger partial charge in [0.05, 0.1) is 10.4 Å². The SMILES string of the molecule is CCCCC(=O)c1sc2cc(C(F)(F)F)ccc2c1C. The van der Waals surface area contributed by atoms with Crippen LogP contribution in [0.15, 0.2) is 18.2 Å². The summed E-state index contributed by atoms with van der Waals surface area (Å²) < 4.78 is 38.6. The maximum absolute atomic E-state index is 12.7. The standard InChI is InChI=1S/C15H15F3OS/c1-3-4-5-12(19)14-9(2)11-7-6-10(15(16,17)18)8-13(11)20-14/h6-8H,3-5H2,1-2H3. The van der Waals surface area contributed by atoms with Crippen molar-refractivity contribution in [3.05, 3.63) is 34.2 Å². The number of carbonyl (C=O) groups excluding carboxylic acids is 1. The molecule has 0 aliphatic rings. The number of hydrogen-bond acceptors (Lipinski definition) is 2. The molecule has 0 amide bonds. The number of aryl methyl sites for hydroxylation is 1. The fourth-order valence-corrected chi connectivity index (χ4v) is 3.33. The molecule has 108 valence electrons. The summed E-state index contributed by atoms with van der Waals surface area (Å²) in [4.78, 5) is 12.7. The van der Waals surface area contributed by atoms with Gasteiger partial charge >= 0.3 is 6.18 Å². The first-order valence-electron chi connectivity index (χ1n) is 6.48. The van der Waals surface area contributed by atoms with Crippen molar-refractivity contribution >= 4 is 27.2 Å². The zero-order chi connectivity index (χ0) is 14.9. The number of ketones is 1. The third kappa shape index (κ3) is 2.87. The lowest BCUT2D eigenvalue weighted by molar-refractivity contribution is -0.137. The Bertz CT molecular complexity index is 640. The van der Waals surface area contributed by atoms with Crippen molar-refractivity contribution in [1.29, 1.82) is 0 Å². The van der Waals surface area contributed by atoms with Crippen molar-refractivity contribution in [2.45, 2.75) is 39.3 Å². The number of hydrogen-bond donors (Lipinski definition) is 0. The number of benzene rings is 1. The summed E-state index contributed by atoms with van der Waals surface area (Å²) in [5, 5.41) is 0.739. The van der Waals surface area contributed by atoms with Gasteiger partial charge in [0.25, 0.3) is 0 Å². The molecule has 1 aromatic carbocycles. The van der Waals surface area contributed by atoms with E-state index in [0.717, 1.165) is 47.3 Å². The van der Waals surface area contributed by atoms with Crippen LogP contribution in [0, 0.1) is 6.92 Å². The van der Waals surface area contributed by atoms with Crippen LogP contribution in [-0.4, -0.2) is 5.78 Å².